The highest BCUT2D eigenvalue weighted by atomic mass is 16.6. The second-order valence-electron chi connectivity index (χ2n) is 2.98. The molecule has 13 heavy (non-hydrogen) atoms. The summed E-state index contributed by atoms with van der Waals surface area (Å²) in [6.45, 7) is 1.92. The predicted molar refractivity (Wildman–Crippen MR) is 52.8 cm³/mol. The van der Waals surface area contributed by atoms with E-state index in [9.17, 15) is 0 Å². The van der Waals surface area contributed by atoms with E-state index in [1.807, 2.05) is 24.3 Å². The molecule has 0 fully saturated rings. The molecule has 2 nitrogen and oxygen atoms in total. The highest BCUT2D eigenvalue weighted by molar-refractivity contribution is 5.33. The third-order valence-electron chi connectivity index (χ3n) is 1.99. The van der Waals surface area contributed by atoms with Crippen molar-refractivity contribution in [3.05, 3.63) is 29.8 Å². The minimum absolute atomic E-state index is 0.247. The molecule has 1 aromatic carbocycles. The van der Waals surface area contributed by atoms with Crippen LogP contribution < -0.4 is 4.74 Å². The lowest BCUT2D eigenvalue weighted by atomic mass is 10.1. The van der Waals surface area contributed by atoms with Crippen molar-refractivity contribution in [2.45, 2.75) is 26.2 Å². The van der Waals surface area contributed by atoms with Crippen LogP contribution in [-0.4, -0.2) is 11.9 Å². The minimum Gasteiger partial charge on any atom is -0.467 e. The maximum Gasteiger partial charge on any atom is 0.186 e. The Morgan fingerprint density at radius 2 is 2.08 bits per heavy atom. The van der Waals surface area contributed by atoms with Crippen molar-refractivity contribution in [3.8, 4) is 5.75 Å². The summed E-state index contributed by atoms with van der Waals surface area (Å²) in [5.41, 5.74) is 1.18. The standard InChI is InChI=1S/C11H16O2/c1-2-3-6-10-7-4-5-8-11(10)13-9-12/h4-5,7-8,12H,2-3,6,9H2,1H3. The van der Waals surface area contributed by atoms with Gasteiger partial charge in [0.1, 0.15) is 5.75 Å². The minimum atomic E-state index is -0.247. The third kappa shape index (κ3) is 3.07. The van der Waals surface area contributed by atoms with Crippen molar-refractivity contribution < 1.29 is 9.84 Å². The molecule has 1 N–H and O–H groups in total. The zero-order valence-electron chi connectivity index (χ0n) is 7.99. The molecule has 0 aliphatic carbocycles. The van der Waals surface area contributed by atoms with Gasteiger partial charge in [0.15, 0.2) is 6.79 Å². The van der Waals surface area contributed by atoms with Crippen LogP contribution >= 0.6 is 0 Å². The van der Waals surface area contributed by atoms with Crippen molar-refractivity contribution in [2.75, 3.05) is 6.79 Å². The van der Waals surface area contributed by atoms with Gasteiger partial charge >= 0.3 is 0 Å². The van der Waals surface area contributed by atoms with Gasteiger partial charge < -0.3 is 9.84 Å². The van der Waals surface area contributed by atoms with Crippen LogP contribution in [0.5, 0.6) is 5.75 Å². The largest absolute Gasteiger partial charge is 0.467 e. The summed E-state index contributed by atoms with van der Waals surface area (Å²) in [5.74, 6) is 0.804. The van der Waals surface area contributed by atoms with Gasteiger partial charge in [-0.15, -0.1) is 0 Å². The first-order chi connectivity index (χ1) is 6.38. The van der Waals surface area contributed by atoms with Crippen LogP contribution in [0.25, 0.3) is 0 Å². The van der Waals surface area contributed by atoms with E-state index < -0.39 is 0 Å². The van der Waals surface area contributed by atoms with Crippen molar-refractivity contribution >= 4 is 0 Å². The Kier molecular flexibility index (Phi) is 4.33. The Morgan fingerprint density at radius 1 is 1.31 bits per heavy atom. The lowest BCUT2D eigenvalue weighted by Gasteiger charge is -2.08. The van der Waals surface area contributed by atoms with Crippen LogP contribution in [0, 0.1) is 0 Å². The number of aliphatic hydroxyl groups excluding tert-OH is 1. The summed E-state index contributed by atoms with van der Waals surface area (Å²) in [5, 5.41) is 8.65. The van der Waals surface area contributed by atoms with Gasteiger partial charge in [0, 0.05) is 0 Å². The zero-order chi connectivity index (χ0) is 9.52. The average Bonchev–Trinajstić information content (AvgIpc) is 2.17. The molecule has 0 bridgehead atoms. The molecule has 1 rings (SSSR count). The van der Waals surface area contributed by atoms with E-state index in [0.717, 1.165) is 18.6 Å². The predicted octanol–water partition coefficient (Wildman–Crippen LogP) is 2.36. The molecular weight excluding hydrogens is 164 g/mol. The molecule has 0 spiro atoms. The first-order valence-electron chi connectivity index (χ1n) is 4.70. The highest BCUT2D eigenvalue weighted by Crippen LogP contribution is 2.19. The van der Waals surface area contributed by atoms with Gasteiger partial charge in [-0.2, -0.15) is 0 Å². The summed E-state index contributed by atoms with van der Waals surface area (Å²) in [6, 6.07) is 7.84. The normalized spacial score (nSPS) is 10.0. The van der Waals surface area contributed by atoms with Crippen LogP contribution in [0.15, 0.2) is 24.3 Å². The number of aryl methyl sites for hydroxylation is 1. The molecule has 0 aliphatic heterocycles. The van der Waals surface area contributed by atoms with Crippen LogP contribution in [0.4, 0.5) is 0 Å². The summed E-state index contributed by atoms with van der Waals surface area (Å²) >= 11 is 0. The quantitative estimate of drug-likeness (QED) is 0.705. The van der Waals surface area contributed by atoms with Crippen LogP contribution in [0.2, 0.25) is 0 Å². The van der Waals surface area contributed by atoms with Gasteiger partial charge in [-0.25, -0.2) is 0 Å². The molecule has 1 aromatic rings. The van der Waals surface area contributed by atoms with Gasteiger partial charge in [0.05, 0.1) is 0 Å². The molecule has 0 atom stereocenters. The fourth-order valence-corrected chi connectivity index (χ4v) is 1.29. The van der Waals surface area contributed by atoms with Crippen molar-refractivity contribution in [1.29, 1.82) is 0 Å². The maximum absolute atomic E-state index is 8.65. The Bertz CT molecular complexity index is 246. The van der Waals surface area contributed by atoms with E-state index >= 15 is 0 Å². The topological polar surface area (TPSA) is 29.5 Å². The van der Waals surface area contributed by atoms with Crippen molar-refractivity contribution in [2.24, 2.45) is 0 Å². The number of hydrogen-bond donors (Lipinski definition) is 1. The first-order valence-corrected chi connectivity index (χ1v) is 4.70. The number of hydrogen-bond acceptors (Lipinski definition) is 2. The van der Waals surface area contributed by atoms with Crippen LogP contribution in [-0.2, 0) is 6.42 Å². The summed E-state index contributed by atoms with van der Waals surface area (Å²) in [4.78, 5) is 0. The highest BCUT2D eigenvalue weighted by Gasteiger charge is 2.00. The molecule has 0 saturated heterocycles. The molecule has 0 amide bonds. The van der Waals surface area contributed by atoms with Gasteiger partial charge in [0.2, 0.25) is 0 Å². The number of para-hydroxylation sites is 1. The Hall–Kier alpha value is -1.02. The third-order valence-corrected chi connectivity index (χ3v) is 1.99. The summed E-state index contributed by atoms with van der Waals surface area (Å²) in [6.07, 6.45) is 3.35. The molecule has 0 unspecified atom stereocenters. The van der Waals surface area contributed by atoms with Crippen molar-refractivity contribution in [1.82, 2.24) is 0 Å². The maximum atomic E-state index is 8.65. The fraction of sp³-hybridized carbons (Fsp3) is 0.455. The van der Waals surface area contributed by atoms with Gasteiger partial charge in [-0.3, -0.25) is 0 Å². The van der Waals surface area contributed by atoms with Crippen LogP contribution in [0.3, 0.4) is 0 Å². The van der Waals surface area contributed by atoms with E-state index in [1.165, 1.54) is 12.0 Å². The Balaban J connectivity index is 2.66. The average molecular weight is 180 g/mol. The summed E-state index contributed by atoms with van der Waals surface area (Å²) in [7, 11) is 0. The second kappa shape index (κ2) is 5.60. The van der Waals surface area contributed by atoms with E-state index in [-0.39, 0.29) is 6.79 Å². The first kappa shape index (κ1) is 10.1. The Labute approximate surface area is 79.2 Å². The molecule has 0 heterocycles. The number of ether oxygens (including phenoxy) is 1. The van der Waals surface area contributed by atoms with Crippen molar-refractivity contribution in [3.63, 3.8) is 0 Å². The molecular formula is C11H16O2. The fourth-order valence-electron chi connectivity index (χ4n) is 1.29. The molecule has 2 heteroatoms. The number of aliphatic hydroxyl groups is 1. The molecule has 72 valence electrons. The molecule has 0 aromatic heterocycles. The van der Waals surface area contributed by atoms with E-state index in [1.54, 1.807) is 0 Å². The molecule has 0 aliphatic rings. The van der Waals surface area contributed by atoms with Crippen LogP contribution in [0.1, 0.15) is 25.3 Å². The van der Waals surface area contributed by atoms with Gasteiger partial charge in [-0.1, -0.05) is 31.5 Å². The number of benzene rings is 1. The number of unbranched alkanes of at least 4 members (excludes halogenated alkanes) is 1. The smallest absolute Gasteiger partial charge is 0.186 e. The lowest BCUT2D eigenvalue weighted by molar-refractivity contribution is 0.0975. The van der Waals surface area contributed by atoms with E-state index in [4.69, 9.17) is 9.84 Å². The van der Waals surface area contributed by atoms with E-state index in [2.05, 4.69) is 6.92 Å². The number of rotatable bonds is 5. The molecule has 0 saturated carbocycles. The summed E-state index contributed by atoms with van der Waals surface area (Å²) < 4.78 is 5.09. The Morgan fingerprint density at radius 3 is 2.77 bits per heavy atom. The lowest BCUT2D eigenvalue weighted by Crippen LogP contribution is -1.98. The SMILES string of the molecule is CCCCc1ccccc1OCO. The monoisotopic (exact) mass is 180 g/mol. The van der Waals surface area contributed by atoms with E-state index in [0.29, 0.717) is 0 Å². The second-order valence-corrected chi connectivity index (χ2v) is 2.98. The zero-order valence-corrected chi connectivity index (χ0v) is 7.99. The van der Waals surface area contributed by atoms with Gasteiger partial charge in [-0.05, 0) is 24.5 Å². The van der Waals surface area contributed by atoms with Gasteiger partial charge in [0.25, 0.3) is 0 Å². The molecule has 0 radical (unpaired) electrons.